The first-order chi connectivity index (χ1) is 10.0. The predicted molar refractivity (Wildman–Crippen MR) is 89.1 cm³/mol. The highest BCUT2D eigenvalue weighted by atomic mass is 32.1. The molecule has 120 valence electrons. The highest BCUT2D eigenvalue weighted by Crippen LogP contribution is 2.23. The third-order valence-electron chi connectivity index (χ3n) is 4.04. The van der Waals surface area contributed by atoms with Crippen LogP contribution in [0.4, 0.5) is 5.13 Å². The number of hydrogen-bond acceptors (Lipinski definition) is 6. The third-order valence-corrected chi connectivity index (χ3v) is 5.19. The molecule has 1 N–H and O–H groups in total. The van der Waals surface area contributed by atoms with Gasteiger partial charge in [-0.05, 0) is 20.3 Å². The van der Waals surface area contributed by atoms with E-state index in [1.54, 1.807) is 11.3 Å². The van der Waals surface area contributed by atoms with Crippen molar-refractivity contribution in [2.75, 3.05) is 45.2 Å². The van der Waals surface area contributed by atoms with Crippen molar-refractivity contribution in [2.24, 2.45) is 0 Å². The summed E-state index contributed by atoms with van der Waals surface area (Å²) in [5, 5.41) is 10.4. The largest absolute Gasteiger partial charge is 0.396 e. The van der Waals surface area contributed by atoms with Crippen molar-refractivity contribution >= 4 is 16.5 Å². The number of hydrogen-bond donors (Lipinski definition) is 1. The Morgan fingerprint density at radius 3 is 2.76 bits per heavy atom. The van der Waals surface area contributed by atoms with Crippen LogP contribution in [-0.2, 0) is 6.54 Å². The van der Waals surface area contributed by atoms with Crippen molar-refractivity contribution in [3.8, 4) is 0 Å². The maximum absolute atomic E-state index is 9.30. The van der Waals surface area contributed by atoms with Crippen LogP contribution in [0.1, 0.15) is 25.1 Å². The van der Waals surface area contributed by atoms with E-state index in [0.717, 1.165) is 37.7 Å². The van der Waals surface area contributed by atoms with E-state index in [1.165, 1.54) is 4.88 Å². The molecule has 21 heavy (non-hydrogen) atoms. The molecule has 0 amide bonds. The Kier molecular flexibility index (Phi) is 5.98. The molecule has 2 heterocycles. The van der Waals surface area contributed by atoms with Gasteiger partial charge in [0.25, 0.3) is 0 Å². The molecule has 1 aliphatic rings. The van der Waals surface area contributed by atoms with Gasteiger partial charge in [0.1, 0.15) is 0 Å². The number of thiazole rings is 1. The molecule has 0 aromatic carbocycles. The Morgan fingerprint density at radius 2 is 2.19 bits per heavy atom. The summed E-state index contributed by atoms with van der Waals surface area (Å²) in [6.45, 7) is 8.94. The van der Waals surface area contributed by atoms with Gasteiger partial charge in [0.2, 0.25) is 0 Å². The topological polar surface area (TPSA) is 42.8 Å². The highest BCUT2D eigenvalue weighted by molar-refractivity contribution is 7.15. The molecular weight excluding hydrogens is 284 g/mol. The Labute approximate surface area is 132 Å². The molecule has 2 rings (SSSR count). The van der Waals surface area contributed by atoms with E-state index in [4.69, 9.17) is 0 Å². The van der Waals surface area contributed by atoms with Gasteiger partial charge < -0.3 is 10.0 Å². The monoisotopic (exact) mass is 312 g/mol. The summed E-state index contributed by atoms with van der Waals surface area (Å²) in [6.07, 6.45) is 2.86. The van der Waals surface area contributed by atoms with E-state index in [9.17, 15) is 5.11 Å². The SMILES string of the molecule is CC(C)N1CCN(Cc2cnc(N(C)C)s2)C[C@@H]1CCO. The number of aliphatic hydroxyl groups is 1. The molecule has 0 radical (unpaired) electrons. The van der Waals surface area contributed by atoms with E-state index in [1.807, 2.05) is 20.3 Å². The van der Waals surface area contributed by atoms with Crippen molar-refractivity contribution in [1.29, 1.82) is 0 Å². The average Bonchev–Trinajstić information content (AvgIpc) is 2.88. The van der Waals surface area contributed by atoms with E-state index in [0.29, 0.717) is 12.1 Å². The number of aliphatic hydroxyl groups excluding tert-OH is 1. The quantitative estimate of drug-likeness (QED) is 0.862. The van der Waals surface area contributed by atoms with Crippen LogP contribution in [0.25, 0.3) is 0 Å². The normalized spacial score (nSPS) is 21.1. The molecule has 0 unspecified atom stereocenters. The van der Waals surface area contributed by atoms with Gasteiger partial charge in [-0.15, -0.1) is 11.3 Å². The van der Waals surface area contributed by atoms with Crippen LogP contribution in [-0.4, -0.2) is 72.3 Å². The van der Waals surface area contributed by atoms with Gasteiger partial charge >= 0.3 is 0 Å². The Balaban J connectivity index is 1.95. The lowest BCUT2D eigenvalue weighted by atomic mass is 10.1. The van der Waals surface area contributed by atoms with Crippen molar-refractivity contribution in [2.45, 2.75) is 38.9 Å². The first kappa shape index (κ1) is 16.7. The highest BCUT2D eigenvalue weighted by Gasteiger charge is 2.28. The Morgan fingerprint density at radius 1 is 1.43 bits per heavy atom. The zero-order valence-corrected chi connectivity index (χ0v) is 14.4. The maximum atomic E-state index is 9.30. The smallest absolute Gasteiger partial charge is 0.185 e. The number of aromatic nitrogens is 1. The van der Waals surface area contributed by atoms with Gasteiger partial charge in [-0.1, -0.05) is 0 Å². The molecule has 0 bridgehead atoms. The molecule has 1 aromatic heterocycles. The lowest BCUT2D eigenvalue weighted by Gasteiger charge is -2.43. The lowest BCUT2D eigenvalue weighted by molar-refractivity contribution is 0.0353. The van der Waals surface area contributed by atoms with Crippen LogP contribution < -0.4 is 4.90 Å². The maximum Gasteiger partial charge on any atom is 0.185 e. The molecule has 1 aliphatic heterocycles. The second kappa shape index (κ2) is 7.54. The molecule has 0 saturated carbocycles. The summed E-state index contributed by atoms with van der Waals surface area (Å²) in [4.78, 5) is 12.8. The Bertz CT molecular complexity index is 435. The minimum absolute atomic E-state index is 0.271. The Hall–Kier alpha value is -0.690. The van der Waals surface area contributed by atoms with Crippen LogP contribution in [0.15, 0.2) is 6.20 Å². The summed E-state index contributed by atoms with van der Waals surface area (Å²) < 4.78 is 0. The molecule has 1 atom stereocenters. The number of anilines is 1. The fraction of sp³-hybridized carbons (Fsp3) is 0.800. The standard InChI is InChI=1S/C15H28N4OS/c1-12(2)19-7-6-18(10-13(19)5-8-20)11-14-9-16-15(21-14)17(3)4/h9,12-13,20H,5-8,10-11H2,1-4H3/t13-/m0/s1. The summed E-state index contributed by atoms with van der Waals surface area (Å²) >= 11 is 1.77. The van der Waals surface area contributed by atoms with Crippen LogP contribution in [0.5, 0.6) is 0 Å². The molecule has 1 saturated heterocycles. The van der Waals surface area contributed by atoms with E-state index in [-0.39, 0.29) is 6.61 Å². The second-order valence-corrected chi connectivity index (χ2v) is 7.33. The average molecular weight is 312 g/mol. The van der Waals surface area contributed by atoms with E-state index in [2.05, 4.69) is 33.5 Å². The number of rotatable bonds is 6. The van der Waals surface area contributed by atoms with Crippen molar-refractivity contribution in [3.05, 3.63) is 11.1 Å². The fourth-order valence-electron chi connectivity index (χ4n) is 2.96. The summed E-state index contributed by atoms with van der Waals surface area (Å²) in [5.41, 5.74) is 0. The molecular formula is C15H28N4OS. The van der Waals surface area contributed by atoms with Gasteiger partial charge in [-0.25, -0.2) is 4.98 Å². The van der Waals surface area contributed by atoms with E-state index >= 15 is 0 Å². The lowest BCUT2D eigenvalue weighted by Crippen LogP contribution is -2.55. The minimum atomic E-state index is 0.271. The zero-order chi connectivity index (χ0) is 15.4. The molecule has 0 spiro atoms. The summed E-state index contributed by atoms with van der Waals surface area (Å²) in [7, 11) is 4.06. The van der Waals surface area contributed by atoms with Crippen LogP contribution >= 0.6 is 11.3 Å². The fourth-order valence-corrected chi connectivity index (χ4v) is 3.84. The van der Waals surface area contributed by atoms with Gasteiger partial charge in [0.15, 0.2) is 5.13 Å². The molecule has 5 nitrogen and oxygen atoms in total. The summed E-state index contributed by atoms with van der Waals surface area (Å²) in [6, 6.07) is 1.01. The molecule has 6 heteroatoms. The van der Waals surface area contributed by atoms with Crippen LogP contribution in [0, 0.1) is 0 Å². The number of piperazine rings is 1. The van der Waals surface area contributed by atoms with Gasteiger partial charge in [-0.3, -0.25) is 9.80 Å². The number of nitrogens with zero attached hydrogens (tertiary/aromatic N) is 4. The molecule has 1 fully saturated rings. The first-order valence-electron chi connectivity index (χ1n) is 7.72. The van der Waals surface area contributed by atoms with Crippen LogP contribution in [0.3, 0.4) is 0 Å². The molecule has 0 aliphatic carbocycles. The predicted octanol–water partition coefficient (Wildman–Crippen LogP) is 1.49. The third kappa shape index (κ3) is 4.39. The first-order valence-corrected chi connectivity index (χ1v) is 8.54. The zero-order valence-electron chi connectivity index (χ0n) is 13.6. The van der Waals surface area contributed by atoms with Crippen molar-refractivity contribution < 1.29 is 5.11 Å². The van der Waals surface area contributed by atoms with Gasteiger partial charge in [-0.2, -0.15) is 0 Å². The minimum Gasteiger partial charge on any atom is -0.396 e. The van der Waals surface area contributed by atoms with E-state index < -0.39 is 0 Å². The van der Waals surface area contributed by atoms with Gasteiger partial charge in [0.05, 0.1) is 0 Å². The second-order valence-electron chi connectivity index (χ2n) is 6.24. The molecule has 1 aromatic rings. The summed E-state index contributed by atoms with van der Waals surface area (Å²) in [5.74, 6) is 0. The van der Waals surface area contributed by atoms with Crippen molar-refractivity contribution in [3.63, 3.8) is 0 Å². The van der Waals surface area contributed by atoms with Gasteiger partial charge in [0, 0.05) is 70.0 Å². The van der Waals surface area contributed by atoms with Crippen molar-refractivity contribution in [1.82, 2.24) is 14.8 Å². The van der Waals surface area contributed by atoms with Crippen LogP contribution in [0.2, 0.25) is 0 Å².